The first-order valence-electron chi connectivity index (χ1n) is 7.74. The van der Waals surface area contributed by atoms with Gasteiger partial charge in [-0.25, -0.2) is 0 Å². The normalized spacial score (nSPS) is 17.6. The Hall–Kier alpha value is -1.77. The van der Waals surface area contributed by atoms with Crippen LogP contribution in [-0.2, 0) is 0 Å². The molecule has 1 fully saturated rings. The maximum Gasteiger partial charge on any atom is 0.0743 e. The fraction of sp³-hybridized carbons (Fsp3) is 0.471. The lowest BCUT2D eigenvalue weighted by molar-refractivity contribution is 0.472. The maximum atomic E-state index is 6.15. The van der Waals surface area contributed by atoms with Crippen molar-refractivity contribution in [3.8, 4) is 0 Å². The summed E-state index contributed by atoms with van der Waals surface area (Å²) in [4.78, 5) is 4.40. The minimum absolute atomic E-state index is 0.545. The number of nitrogens with two attached hydrogens (primary N) is 1. The molecule has 0 atom stereocenters. The minimum Gasteiger partial charge on any atom is -0.396 e. The van der Waals surface area contributed by atoms with Crippen LogP contribution in [-0.4, -0.2) is 11.0 Å². The van der Waals surface area contributed by atoms with E-state index in [1.807, 2.05) is 18.2 Å². The van der Waals surface area contributed by atoms with Crippen molar-refractivity contribution in [2.45, 2.75) is 51.0 Å². The Morgan fingerprint density at radius 3 is 2.50 bits per heavy atom. The molecule has 0 saturated heterocycles. The first-order valence-corrected chi connectivity index (χ1v) is 7.74. The van der Waals surface area contributed by atoms with Gasteiger partial charge in [0, 0.05) is 11.4 Å². The smallest absolute Gasteiger partial charge is 0.0743 e. The number of nitrogens with zero attached hydrogens (tertiary/aromatic N) is 1. The summed E-state index contributed by atoms with van der Waals surface area (Å²) in [5.41, 5.74) is 8.98. The highest BCUT2D eigenvalue weighted by atomic mass is 14.9. The molecule has 1 heterocycles. The largest absolute Gasteiger partial charge is 0.396 e. The molecule has 3 heteroatoms. The van der Waals surface area contributed by atoms with Gasteiger partial charge in [0.15, 0.2) is 0 Å². The van der Waals surface area contributed by atoms with Crippen LogP contribution in [0.3, 0.4) is 0 Å². The Balaban J connectivity index is 1.87. The van der Waals surface area contributed by atoms with Crippen LogP contribution in [0.1, 0.15) is 44.9 Å². The van der Waals surface area contributed by atoms with Gasteiger partial charge < -0.3 is 11.1 Å². The molecule has 0 amide bonds. The Labute approximate surface area is 120 Å². The summed E-state index contributed by atoms with van der Waals surface area (Å²) in [6, 6.07) is 8.75. The van der Waals surface area contributed by atoms with Gasteiger partial charge in [-0.1, -0.05) is 50.3 Å². The molecular weight excluding hydrogens is 246 g/mol. The summed E-state index contributed by atoms with van der Waals surface area (Å²) in [6.07, 6.45) is 11.0. The number of fused-ring (bicyclic) bond motifs is 1. The molecule has 3 nitrogen and oxygen atoms in total. The molecule has 1 aromatic carbocycles. The van der Waals surface area contributed by atoms with Crippen LogP contribution >= 0.6 is 0 Å². The molecule has 3 rings (SSSR count). The molecule has 0 radical (unpaired) electrons. The lowest BCUT2D eigenvalue weighted by Crippen LogP contribution is -2.21. The van der Waals surface area contributed by atoms with E-state index in [4.69, 9.17) is 5.73 Å². The number of hydrogen-bond donors (Lipinski definition) is 2. The van der Waals surface area contributed by atoms with Gasteiger partial charge in [-0.3, -0.25) is 4.98 Å². The molecule has 0 aliphatic heterocycles. The third-order valence-electron chi connectivity index (χ3n) is 4.26. The summed E-state index contributed by atoms with van der Waals surface area (Å²) in [6.45, 7) is 0. The molecular formula is C17H23N3. The van der Waals surface area contributed by atoms with Crippen molar-refractivity contribution in [1.29, 1.82) is 0 Å². The zero-order chi connectivity index (χ0) is 13.8. The Morgan fingerprint density at radius 2 is 1.70 bits per heavy atom. The van der Waals surface area contributed by atoms with E-state index in [0.717, 1.165) is 22.3 Å². The number of nitrogen functional groups attached to an aromatic ring is 1. The number of hydrogen-bond acceptors (Lipinski definition) is 3. The predicted octanol–water partition coefficient (Wildman–Crippen LogP) is 4.34. The molecule has 0 unspecified atom stereocenters. The van der Waals surface area contributed by atoms with Crippen LogP contribution in [0.25, 0.3) is 10.9 Å². The molecule has 1 aliphatic carbocycles. The first-order chi connectivity index (χ1) is 9.84. The van der Waals surface area contributed by atoms with E-state index in [9.17, 15) is 0 Å². The lowest BCUT2D eigenvalue weighted by atomic mass is 9.96. The lowest BCUT2D eigenvalue weighted by Gasteiger charge is -2.23. The highest BCUT2D eigenvalue weighted by Gasteiger charge is 2.14. The van der Waals surface area contributed by atoms with Crippen molar-refractivity contribution in [2.24, 2.45) is 0 Å². The Kier molecular flexibility index (Phi) is 4.05. The monoisotopic (exact) mass is 269 g/mol. The second-order valence-electron chi connectivity index (χ2n) is 5.79. The number of anilines is 2. The van der Waals surface area contributed by atoms with Crippen molar-refractivity contribution >= 4 is 22.3 Å². The van der Waals surface area contributed by atoms with E-state index < -0.39 is 0 Å². The second-order valence-corrected chi connectivity index (χ2v) is 5.79. The van der Waals surface area contributed by atoms with Crippen LogP contribution < -0.4 is 11.1 Å². The van der Waals surface area contributed by atoms with Crippen molar-refractivity contribution in [3.63, 3.8) is 0 Å². The molecule has 3 N–H and O–H groups in total. The molecule has 1 aromatic heterocycles. The summed E-state index contributed by atoms with van der Waals surface area (Å²) >= 11 is 0. The van der Waals surface area contributed by atoms with Crippen molar-refractivity contribution in [2.75, 3.05) is 11.1 Å². The first kappa shape index (κ1) is 13.2. The fourth-order valence-electron chi connectivity index (χ4n) is 3.12. The van der Waals surface area contributed by atoms with E-state index in [1.54, 1.807) is 6.20 Å². The topological polar surface area (TPSA) is 50.9 Å². The highest BCUT2D eigenvalue weighted by molar-refractivity contribution is 5.96. The molecule has 1 aliphatic rings. The zero-order valence-electron chi connectivity index (χ0n) is 11.9. The van der Waals surface area contributed by atoms with Gasteiger partial charge in [-0.15, -0.1) is 0 Å². The van der Waals surface area contributed by atoms with Gasteiger partial charge in [0.25, 0.3) is 0 Å². The molecule has 106 valence electrons. The molecule has 0 spiro atoms. The Bertz CT molecular complexity index is 571. The molecule has 20 heavy (non-hydrogen) atoms. The SMILES string of the molecule is Nc1cnc2ccccc2c1NC1CCCCCCC1. The standard InChI is InChI=1S/C17H23N3/c18-15-12-19-16-11-7-6-10-14(16)17(15)20-13-8-4-2-1-3-5-9-13/h6-7,10-13H,1-5,8-9,18H2,(H,19,20). The number of pyridine rings is 1. The van der Waals surface area contributed by atoms with Crippen LogP contribution in [0.5, 0.6) is 0 Å². The van der Waals surface area contributed by atoms with Gasteiger partial charge in [0.05, 0.1) is 23.1 Å². The third kappa shape index (κ3) is 2.87. The average Bonchev–Trinajstić information content (AvgIpc) is 2.44. The van der Waals surface area contributed by atoms with Gasteiger partial charge >= 0.3 is 0 Å². The number of aromatic nitrogens is 1. The molecule has 2 aromatic rings. The number of nitrogens with one attached hydrogen (secondary N) is 1. The van der Waals surface area contributed by atoms with E-state index in [-0.39, 0.29) is 0 Å². The van der Waals surface area contributed by atoms with E-state index in [0.29, 0.717) is 6.04 Å². The van der Waals surface area contributed by atoms with Crippen molar-refractivity contribution in [1.82, 2.24) is 4.98 Å². The van der Waals surface area contributed by atoms with Gasteiger partial charge in [0.1, 0.15) is 0 Å². The molecule has 1 saturated carbocycles. The second kappa shape index (κ2) is 6.12. The average molecular weight is 269 g/mol. The van der Waals surface area contributed by atoms with Gasteiger partial charge in [-0.2, -0.15) is 0 Å². The number of para-hydroxylation sites is 1. The maximum absolute atomic E-state index is 6.15. The summed E-state index contributed by atoms with van der Waals surface area (Å²) in [5, 5.41) is 4.83. The van der Waals surface area contributed by atoms with Gasteiger partial charge in [0.2, 0.25) is 0 Å². The van der Waals surface area contributed by atoms with Crippen LogP contribution in [0, 0.1) is 0 Å². The minimum atomic E-state index is 0.545. The van der Waals surface area contributed by atoms with E-state index in [1.165, 1.54) is 44.9 Å². The Morgan fingerprint density at radius 1 is 1.00 bits per heavy atom. The quantitative estimate of drug-likeness (QED) is 0.852. The number of rotatable bonds is 2. The third-order valence-corrected chi connectivity index (χ3v) is 4.26. The van der Waals surface area contributed by atoms with Crippen molar-refractivity contribution in [3.05, 3.63) is 30.5 Å². The molecule has 0 bridgehead atoms. The van der Waals surface area contributed by atoms with Crippen LogP contribution in [0.4, 0.5) is 11.4 Å². The highest BCUT2D eigenvalue weighted by Crippen LogP contribution is 2.30. The predicted molar refractivity (Wildman–Crippen MR) is 85.9 cm³/mol. The van der Waals surface area contributed by atoms with Crippen LogP contribution in [0.2, 0.25) is 0 Å². The fourth-order valence-corrected chi connectivity index (χ4v) is 3.12. The summed E-state index contributed by atoms with van der Waals surface area (Å²) < 4.78 is 0. The van der Waals surface area contributed by atoms with E-state index >= 15 is 0 Å². The van der Waals surface area contributed by atoms with E-state index in [2.05, 4.69) is 16.4 Å². The summed E-state index contributed by atoms with van der Waals surface area (Å²) in [7, 11) is 0. The number of benzene rings is 1. The summed E-state index contributed by atoms with van der Waals surface area (Å²) in [5.74, 6) is 0. The van der Waals surface area contributed by atoms with Crippen LogP contribution in [0.15, 0.2) is 30.5 Å². The van der Waals surface area contributed by atoms with Gasteiger partial charge in [-0.05, 0) is 18.9 Å². The zero-order valence-corrected chi connectivity index (χ0v) is 11.9. The van der Waals surface area contributed by atoms with Crippen molar-refractivity contribution < 1.29 is 0 Å².